The molecule has 0 unspecified atom stereocenters. The van der Waals surface area contributed by atoms with Gasteiger partial charge in [0.1, 0.15) is 5.75 Å². The quantitative estimate of drug-likeness (QED) is 0.539. The van der Waals surface area contributed by atoms with Crippen LogP contribution in [0.15, 0.2) is 48.5 Å². The Labute approximate surface area is 161 Å². The Hall–Kier alpha value is -2.64. The molecule has 0 atom stereocenters. The number of aryl methyl sites for hydroxylation is 1. The van der Waals surface area contributed by atoms with Gasteiger partial charge in [-0.15, -0.1) is 0 Å². The van der Waals surface area contributed by atoms with Crippen molar-refractivity contribution in [2.24, 2.45) is 0 Å². The number of halogens is 1. The fourth-order valence-corrected chi connectivity index (χ4v) is 2.38. The van der Waals surface area contributed by atoms with Crippen molar-refractivity contribution in [1.29, 1.82) is 0 Å². The Morgan fingerprint density at radius 2 is 1.77 bits per heavy atom. The molecule has 136 valence electrons. The fraction of sp³-hybridized carbons (Fsp3) is 0.167. The van der Waals surface area contributed by atoms with E-state index in [0.29, 0.717) is 10.8 Å². The van der Waals surface area contributed by atoms with Gasteiger partial charge in [-0.3, -0.25) is 25.8 Å². The molecule has 0 aliphatic rings. The van der Waals surface area contributed by atoms with Gasteiger partial charge in [-0.05, 0) is 48.5 Å². The lowest BCUT2D eigenvalue weighted by molar-refractivity contribution is -0.121. The van der Waals surface area contributed by atoms with Crippen LogP contribution in [0.5, 0.6) is 5.75 Å². The molecule has 8 heteroatoms. The Morgan fingerprint density at radius 1 is 1.08 bits per heavy atom. The van der Waals surface area contributed by atoms with Gasteiger partial charge in [0.05, 0.1) is 10.6 Å². The molecule has 2 rings (SSSR count). The number of nitrogens with one attached hydrogen (secondary N) is 3. The van der Waals surface area contributed by atoms with Gasteiger partial charge < -0.3 is 4.74 Å². The Kier molecular flexibility index (Phi) is 7.37. The zero-order valence-electron chi connectivity index (χ0n) is 14.0. The molecule has 0 spiro atoms. The number of carbonyl (C=O) groups excluding carboxylic acids is 2. The first-order valence-corrected chi connectivity index (χ1v) is 8.64. The van der Waals surface area contributed by atoms with E-state index in [4.69, 9.17) is 28.6 Å². The third-order valence-electron chi connectivity index (χ3n) is 3.36. The summed E-state index contributed by atoms with van der Waals surface area (Å²) in [6.07, 6.45) is 0.931. The van der Waals surface area contributed by atoms with E-state index in [1.807, 2.05) is 12.1 Å². The summed E-state index contributed by atoms with van der Waals surface area (Å²) in [6.45, 7) is 1.85. The first kappa shape index (κ1) is 19.7. The van der Waals surface area contributed by atoms with Crippen molar-refractivity contribution in [3.05, 3.63) is 64.7 Å². The zero-order chi connectivity index (χ0) is 18.9. The lowest BCUT2D eigenvalue weighted by Gasteiger charge is -2.12. The van der Waals surface area contributed by atoms with Crippen LogP contribution in [0, 0.1) is 0 Å². The van der Waals surface area contributed by atoms with Crippen molar-refractivity contribution >= 4 is 40.7 Å². The number of amides is 2. The third kappa shape index (κ3) is 6.02. The van der Waals surface area contributed by atoms with E-state index in [-0.39, 0.29) is 17.3 Å². The number of thiocarbonyl (C=S) groups is 1. The molecule has 3 N–H and O–H groups in total. The summed E-state index contributed by atoms with van der Waals surface area (Å²) in [5.41, 5.74) is 6.27. The lowest BCUT2D eigenvalue weighted by atomic mass is 10.2. The molecule has 2 aromatic rings. The zero-order valence-corrected chi connectivity index (χ0v) is 15.6. The van der Waals surface area contributed by atoms with E-state index < -0.39 is 11.8 Å². The van der Waals surface area contributed by atoms with Gasteiger partial charge in [-0.25, -0.2) is 0 Å². The molecule has 0 aromatic heterocycles. The Bertz CT molecular complexity index is 797. The summed E-state index contributed by atoms with van der Waals surface area (Å²) in [5, 5.41) is 2.66. The summed E-state index contributed by atoms with van der Waals surface area (Å²) in [5.74, 6) is -0.336. The van der Waals surface area contributed by atoms with E-state index >= 15 is 0 Å². The van der Waals surface area contributed by atoms with Crippen molar-refractivity contribution < 1.29 is 14.3 Å². The van der Waals surface area contributed by atoms with E-state index in [9.17, 15) is 9.59 Å². The highest BCUT2D eigenvalue weighted by molar-refractivity contribution is 7.80. The highest BCUT2D eigenvalue weighted by Gasteiger charge is 2.10. The Morgan fingerprint density at radius 3 is 2.42 bits per heavy atom. The predicted molar refractivity (Wildman–Crippen MR) is 104 cm³/mol. The monoisotopic (exact) mass is 391 g/mol. The van der Waals surface area contributed by atoms with Crippen molar-refractivity contribution in [3.63, 3.8) is 0 Å². The fourth-order valence-electron chi connectivity index (χ4n) is 1.99. The molecule has 6 nitrogen and oxygen atoms in total. The van der Waals surface area contributed by atoms with Gasteiger partial charge in [0.25, 0.3) is 11.8 Å². The second-order valence-electron chi connectivity index (χ2n) is 5.22. The van der Waals surface area contributed by atoms with Crippen LogP contribution in [0.3, 0.4) is 0 Å². The Balaban J connectivity index is 1.73. The average Bonchev–Trinajstić information content (AvgIpc) is 2.65. The molecular weight excluding hydrogens is 374 g/mol. The lowest BCUT2D eigenvalue weighted by Crippen LogP contribution is -2.49. The van der Waals surface area contributed by atoms with E-state index in [1.165, 1.54) is 5.56 Å². The standard InChI is InChI=1S/C18H18ClN3O3S/c1-2-12-7-9-13(10-8-12)25-11-16(23)20-18(26)22-21-17(24)14-5-3-4-6-15(14)19/h3-10H,2,11H2,1H3,(H,21,24)(H2,20,22,23,26). The minimum atomic E-state index is -0.473. The molecule has 0 aliphatic heterocycles. The van der Waals surface area contributed by atoms with Crippen molar-refractivity contribution in [1.82, 2.24) is 16.2 Å². The van der Waals surface area contributed by atoms with Gasteiger partial charge in [-0.1, -0.05) is 42.8 Å². The summed E-state index contributed by atoms with van der Waals surface area (Å²) in [4.78, 5) is 23.8. The number of hydrazine groups is 1. The summed E-state index contributed by atoms with van der Waals surface area (Å²) in [7, 11) is 0. The first-order valence-electron chi connectivity index (χ1n) is 7.86. The molecule has 26 heavy (non-hydrogen) atoms. The molecule has 0 radical (unpaired) electrons. The number of benzene rings is 2. The number of hydrogen-bond acceptors (Lipinski definition) is 4. The molecule has 0 saturated heterocycles. The van der Waals surface area contributed by atoms with Crippen molar-refractivity contribution in [2.45, 2.75) is 13.3 Å². The maximum atomic E-state index is 12.0. The number of ether oxygens (including phenoxy) is 1. The molecular formula is C18H18ClN3O3S. The number of hydrogen-bond donors (Lipinski definition) is 3. The second-order valence-corrected chi connectivity index (χ2v) is 6.04. The molecule has 2 aromatic carbocycles. The minimum absolute atomic E-state index is 0.0552. The molecule has 0 aliphatic carbocycles. The van der Waals surface area contributed by atoms with Crippen LogP contribution in [-0.2, 0) is 11.2 Å². The number of rotatable bonds is 5. The van der Waals surface area contributed by atoms with Gasteiger partial charge >= 0.3 is 0 Å². The highest BCUT2D eigenvalue weighted by atomic mass is 35.5. The largest absolute Gasteiger partial charge is 0.484 e. The van der Waals surface area contributed by atoms with Crippen LogP contribution < -0.4 is 20.9 Å². The van der Waals surface area contributed by atoms with Crippen LogP contribution in [-0.4, -0.2) is 23.5 Å². The summed E-state index contributed by atoms with van der Waals surface area (Å²) >= 11 is 10.9. The maximum Gasteiger partial charge on any atom is 0.271 e. The van der Waals surface area contributed by atoms with Crippen LogP contribution in [0.2, 0.25) is 5.02 Å². The summed E-state index contributed by atoms with van der Waals surface area (Å²) < 4.78 is 5.37. The van der Waals surface area contributed by atoms with Crippen LogP contribution in [0.4, 0.5) is 0 Å². The number of carbonyl (C=O) groups is 2. The SMILES string of the molecule is CCc1ccc(OCC(=O)NC(=S)NNC(=O)c2ccccc2Cl)cc1. The van der Waals surface area contributed by atoms with E-state index in [2.05, 4.69) is 23.1 Å². The van der Waals surface area contributed by atoms with Gasteiger partial charge in [-0.2, -0.15) is 0 Å². The third-order valence-corrected chi connectivity index (χ3v) is 3.90. The molecule has 0 fully saturated rings. The minimum Gasteiger partial charge on any atom is -0.484 e. The highest BCUT2D eigenvalue weighted by Crippen LogP contribution is 2.14. The smallest absolute Gasteiger partial charge is 0.271 e. The van der Waals surface area contributed by atoms with E-state index in [0.717, 1.165) is 6.42 Å². The second kappa shape index (κ2) is 9.74. The van der Waals surface area contributed by atoms with Crippen LogP contribution in [0.1, 0.15) is 22.8 Å². The molecule has 0 saturated carbocycles. The van der Waals surface area contributed by atoms with Crippen molar-refractivity contribution in [2.75, 3.05) is 6.61 Å². The van der Waals surface area contributed by atoms with Gasteiger partial charge in [0.15, 0.2) is 11.7 Å². The normalized spacial score (nSPS) is 9.92. The average molecular weight is 392 g/mol. The van der Waals surface area contributed by atoms with E-state index in [1.54, 1.807) is 36.4 Å². The predicted octanol–water partition coefficient (Wildman–Crippen LogP) is 2.62. The van der Waals surface area contributed by atoms with Gasteiger partial charge in [0.2, 0.25) is 0 Å². The topological polar surface area (TPSA) is 79.5 Å². The first-order chi connectivity index (χ1) is 12.5. The summed E-state index contributed by atoms with van der Waals surface area (Å²) in [6, 6.07) is 14.0. The molecule has 2 amide bonds. The van der Waals surface area contributed by atoms with Gasteiger partial charge in [0, 0.05) is 0 Å². The van der Waals surface area contributed by atoms with Crippen LogP contribution >= 0.6 is 23.8 Å². The molecule has 0 bridgehead atoms. The van der Waals surface area contributed by atoms with Crippen LogP contribution in [0.25, 0.3) is 0 Å². The van der Waals surface area contributed by atoms with Crippen molar-refractivity contribution in [3.8, 4) is 5.75 Å². The maximum absolute atomic E-state index is 12.0. The molecule has 0 heterocycles.